The Labute approximate surface area is 115 Å². The van der Waals surface area contributed by atoms with Crippen LogP contribution in [0.5, 0.6) is 5.75 Å². The molecule has 3 nitrogen and oxygen atoms in total. The summed E-state index contributed by atoms with van der Waals surface area (Å²) in [4.78, 5) is 2.09. The largest absolute Gasteiger partial charge is 0.508 e. The second kappa shape index (κ2) is 5.93. The van der Waals surface area contributed by atoms with Crippen molar-refractivity contribution < 1.29 is 10.2 Å². The van der Waals surface area contributed by atoms with Gasteiger partial charge in [-0.15, -0.1) is 0 Å². The smallest absolute Gasteiger partial charge is 0.119 e. The van der Waals surface area contributed by atoms with E-state index in [9.17, 15) is 10.2 Å². The molecule has 2 rings (SSSR count). The van der Waals surface area contributed by atoms with E-state index in [1.807, 2.05) is 32.3 Å². The van der Waals surface area contributed by atoms with Gasteiger partial charge in [0.2, 0.25) is 0 Å². The number of aromatic hydroxyl groups is 1. The van der Waals surface area contributed by atoms with Crippen LogP contribution < -0.4 is 0 Å². The fourth-order valence-electron chi connectivity index (χ4n) is 3.22. The third kappa shape index (κ3) is 3.28. The first-order valence-corrected chi connectivity index (χ1v) is 7.18. The van der Waals surface area contributed by atoms with Gasteiger partial charge < -0.3 is 15.1 Å². The molecule has 3 heteroatoms. The molecule has 1 aromatic rings. The highest BCUT2D eigenvalue weighted by Gasteiger charge is 2.39. The third-order valence-electron chi connectivity index (χ3n) is 4.23. The average Bonchev–Trinajstić information content (AvgIpc) is 2.37. The fraction of sp³-hybridized carbons (Fsp3) is 0.625. The minimum atomic E-state index is -0.679. The van der Waals surface area contributed by atoms with Crippen molar-refractivity contribution >= 4 is 0 Å². The van der Waals surface area contributed by atoms with Gasteiger partial charge in [-0.1, -0.05) is 37.5 Å². The summed E-state index contributed by atoms with van der Waals surface area (Å²) < 4.78 is 0. The van der Waals surface area contributed by atoms with E-state index in [-0.39, 0.29) is 5.92 Å². The quantitative estimate of drug-likeness (QED) is 0.878. The monoisotopic (exact) mass is 263 g/mol. The van der Waals surface area contributed by atoms with Crippen molar-refractivity contribution in [3.05, 3.63) is 29.8 Å². The van der Waals surface area contributed by atoms with Gasteiger partial charge in [0.05, 0.1) is 5.60 Å². The minimum absolute atomic E-state index is 0.0241. The summed E-state index contributed by atoms with van der Waals surface area (Å²) in [6.07, 6.45) is 5.03. The average molecular weight is 263 g/mol. The zero-order chi connectivity index (χ0) is 13.9. The molecule has 1 aliphatic carbocycles. The molecule has 0 bridgehead atoms. The van der Waals surface area contributed by atoms with Crippen LogP contribution in [0.4, 0.5) is 0 Å². The van der Waals surface area contributed by atoms with Crippen molar-refractivity contribution in [3.8, 4) is 5.75 Å². The van der Waals surface area contributed by atoms with E-state index < -0.39 is 5.60 Å². The highest BCUT2D eigenvalue weighted by Crippen LogP contribution is 2.42. The van der Waals surface area contributed by atoms with E-state index in [0.29, 0.717) is 5.75 Å². The molecule has 0 aromatic heterocycles. The predicted octanol–water partition coefficient (Wildman–Crippen LogP) is 2.73. The Balaban J connectivity index is 2.32. The van der Waals surface area contributed by atoms with Crippen LogP contribution in [0.3, 0.4) is 0 Å². The van der Waals surface area contributed by atoms with Gasteiger partial charge >= 0.3 is 0 Å². The molecule has 19 heavy (non-hydrogen) atoms. The number of likely N-dealkylation sites (N-methyl/N-ethyl adjacent to an activating group) is 1. The Bertz CT molecular complexity index is 411. The molecule has 1 aliphatic rings. The third-order valence-corrected chi connectivity index (χ3v) is 4.23. The van der Waals surface area contributed by atoms with Gasteiger partial charge in [0.1, 0.15) is 5.75 Å². The van der Waals surface area contributed by atoms with E-state index >= 15 is 0 Å². The second-order valence-corrected chi connectivity index (χ2v) is 6.04. The molecule has 1 saturated carbocycles. The molecule has 1 unspecified atom stereocenters. The maximum atomic E-state index is 11.0. The number of hydrogen-bond donors (Lipinski definition) is 2. The van der Waals surface area contributed by atoms with Crippen molar-refractivity contribution in [1.82, 2.24) is 4.90 Å². The predicted molar refractivity (Wildman–Crippen MR) is 77.4 cm³/mol. The summed E-state index contributed by atoms with van der Waals surface area (Å²) in [6.45, 7) is 0.758. The molecule has 106 valence electrons. The number of aliphatic hydroxyl groups is 1. The number of nitrogens with zero attached hydrogens (tertiary/aromatic N) is 1. The molecule has 1 atom stereocenters. The number of phenols is 1. The Morgan fingerprint density at radius 2 is 1.79 bits per heavy atom. The fourth-order valence-corrected chi connectivity index (χ4v) is 3.22. The van der Waals surface area contributed by atoms with Crippen molar-refractivity contribution in [2.75, 3.05) is 20.6 Å². The summed E-state index contributed by atoms with van der Waals surface area (Å²) in [5, 5.41) is 21.1. The maximum absolute atomic E-state index is 11.0. The van der Waals surface area contributed by atoms with Crippen LogP contribution in [-0.4, -0.2) is 41.4 Å². The van der Waals surface area contributed by atoms with Gasteiger partial charge in [-0.2, -0.15) is 0 Å². The summed E-state index contributed by atoms with van der Waals surface area (Å²) in [7, 11) is 4.03. The Kier molecular flexibility index (Phi) is 4.48. The van der Waals surface area contributed by atoms with Gasteiger partial charge in [0.15, 0.2) is 0 Å². The number of para-hydroxylation sites is 1. The van der Waals surface area contributed by atoms with Crippen LogP contribution in [0.25, 0.3) is 0 Å². The molecule has 0 radical (unpaired) electrons. The normalized spacial score (nSPS) is 20.4. The first kappa shape index (κ1) is 14.4. The molecule has 0 spiro atoms. The zero-order valence-electron chi connectivity index (χ0n) is 12.0. The first-order valence-electron chi connectivity index (χ1n) is 7.18. The van der Waals surface area contributed by atoms with E-state index in [2.05, 4.69) is 4.90 Å². The van der Waals surface area contributed by atoms with Crippen molar-refractivity contribution in [2.24, 2.45) is 0 Å². The van der Waals surface area contributed by atoms with E-state index in [0.717, 1.165) is 37.8 Å². The maximum Gasteiger partial charge on any atom is 0.119 e. The highest BCUT2D eigenvalue weighted by atomic mass is 16.3. The Hall–Kier alpha value is -1.06. The molecular formula is C16H25NO2. The molecule has 1 fully saturated rings. The highest BCUT2D eigenvalue weighted by molar-refractivity contribution is 5.37. The molecule has 0 amide bonds. The van der Waals surface area contributed by atoms with Crippen LogP contribution in [0.2, 0.25) is 0 Å². The van der Waals surface area contributed by atoms with Crippen LogP contribution in [-0.2, 0) is 0 Å². The number of hydrogen-bond acceptors (Lipinski definition) is 3. The minimum Gasteiger partial charge on any atom is -0.508 e. The Morgan fingerprint density at radius 1 is 1.16 bits per heavy atom. The van der Waals surface area contributed by atoms with Gasteiger partial charge in [0.25, 0.3) is 0 Å². The summed E-state index contributed by atoms with van der Waals surface area (Å²) >= 11 is 0. The Morgan fingerprint density at radius 3 is 2.37 bits per heavy atom. The van der Waals surface area contributed by atoms with Gasteiger partial charge in [-0.05, 0) is 33.0 Å². The van der Waals surface area contributed by atoms with Crippen LogP contribution in [0.1, 0.15) is 43.6 Å². The number of benzene rings is 1. The van der Waals surface area contributed by atoms with E-state index in [1.54, 1.807) is 6.07 Å². The van der Waals surface area contributed by atoms with E-state index in [1.165, 1.54) is 6.42 Å². The lowest BCUT2D eigenvalue weighted by molar-refractivity contribution is -0.0283. The van der Waals surface area contributed by atoms with Crippen LogP contribution >= 0.6 is 0 Å². The molecule has 0 saturated heterocycles. The number of rotatable bonds is 4. The molecule has 1 aromatic carbocycles. The van der Waals surface area contributed by atoms with Gasteiger partial charge in [0, 0.05) is 18.0 Å². The zero-order valence-corrected chi connectivity index (χ0v) is 12.0. The van der Waals surface area contributed by atoms with E-state index in [4.69, 9.17) is 0 Å². The van der Waals surface area contributed by atoms with Gasteiger partial charge in [-0.25, -0.2) is 0 Å². The van der Waals surface area contributed by atoms with Crippen LogP contribution in [0.15, 0.2) is 24.3 Å². The van der Waals surface area contributed by atoms with Crippen LogP contribution in [0, 0.1) is 0 Å². The molecule has 0 aliphatic heterocycles. The summed E-state index contributed by atoms with van der Waals surface area (Å²) in [5.74, 6) is 0.275. The molecule has 0 heterocycles. The lowest BCUT2D eigenvalue weighted by Gasteiger charge is -2.41. The first-order chi connectivity index (χ1) is 9.03. The van der Waals surface area contributed by atoms with Crippen molar-refractivity contribution in [1.29, 1.82) is 0 Å². The topological polar surface area (TPSA) is 43.7 Å². The second-order valence-electron chi connectivity index (χ2n) is 6.04. The summed E-state index contributed by atoms with van der Waals surface area (Å²) in [5.41, 5.74) is 0.196. The lowest BCUT2D eigenvalue weighted by atomic mass is 9.72. The van der Waals surface area contributed by atoms with Crippen molar-refractivity contribution in [3.63, 3.8) is 0 Å². The lowest BCUT2D eigenvalue weighted by Crippen LogP contribution is -2.42. The summed E-state index contributed by atoms with van der Waals surface area (Å²) in [6, 6.07) is 7.42. The molecular weight excluding hydrogens is 238 g/mol. The molecule has 2 N–H and O–H groups in total. The SMILES string of the molecule is CN(C)CC(c1ccccc1O)C1(O)CCCCC1. The standard InChI is InChI=1S/C16H25NO2/c1-17(2)12-14(13-8-4-5-9-15(13)18)16(19)10-6-3-7-11-16/h4-5,8-9,14,18-19H,3,6-7,10-12H2,1-2H3. The van der Waals surface area contributed by atoms with Crippen molar-refractivity contribution in [2.45, 2.75) is 43.6 Å². The number of phenolic OH excluding ortho intramolecular Hbond substituents is 1. The van der Waals surface area contributed by atoms with Gasteiger partial charge in [-0.3, -0.25) is 0 Å².